The van der Waals surface area contributed by atoms with Gasteiger partial charge in [0.25, 0.3) is 5.91 Å². The zero-order valence-corrected chi connectivity index (χ0v) is 18.2. The number of amides is 1. The van der Waals surface area contributed by atoms with Crippen molar-refractivity contribution in [2.24, 2.45) is 0 Å². The van der Waals surface area contributed by atoms with E-state index in [1.54, 1.807) is 6.20 Å². The zero-order valence-electron chi connectivity index (χ0n) is 16.6. The summed E-state index contributed by atoms with van der Waals surface area (Å²) in [6, 6.07) is 2.02. The Bertz CT molecular complexity index is 1030. The molecule has 7 nitrogen and oxygen atoms in total. The number of rotatable bonds is 7. The van der Waals surface area contributed by atoms with Crippen LogP contribution in [0, 0.1) is 0 Å². The van der Waals surface area contributed by atoms with Crippen LogP contribution in [0.3, 0.4) is 0 Å². The molecule has 0 spiro atoms. The molecule has 0 saturated carbocycles. The van der Waals surface area contributed by atoms with Crippen LogP contribution in [-0.4, -0.2) is 45.3 Å². The van der Waals surface area contributed by atoms with E-state index in [0.717, 1.165) is 20.0 Å². The van der Waals surface area contributed by atoms with Crippen LogP contribution >= 0.6 is 22.7 Å². The van der Waals surface area contributed by atoms with Gasteiger partial charge in [0.15, 0.2) is 5.13 Å². The normalized spacial score (nSPS) is 13.1. The third-order valence-corrected chi connectivity index (χ3v) is 6.28. The maximum atomic E-state index is 14.0. The number of anilines is 2. The van der Waals surface area contributed by atoms with Gasteiger partial charge in [0.1, 0.15) is 11.0 Å². The number of nitrogens with zero attached hydrogens (tertiary/aromatic N) is 2. The predicted octanol–water partition coefficient (Wildman–Crippen LogP) is 3.66. The quantitative estimate of drug-likeness (QED) is 0.449. The highest BCUT2D eigenvalue weighted by Gasteiger charge is 2.27. The first kappa shape index (κ1) is 21.4. The molecule has 156 valence electrons. The number of nitrogens with one attached hydrogen (secondary N) is 2. The van der Waals surface area contributed by atoms with Crippen LogP contribution in [0.4, 0.5) is 15.2 Å². The second kappa shape index (κ2) is 8.21. The summed E-state index contributed by atoms with van der Waals surface area (Å²) < 4.78 is 14.0. The molecule has 0 aliphatic carbocycles. The standard InChI is InChI=1S/C19H24FN5O2S2/c1-9(2)25-15-10-5-12(13-7-24-18(21)29-13)28-17(10)23-6-11(15)16(26)22-8-14(20)19(3,4)27/h5-7,9,14,27H,8H2,1-4H3,(H2,21,24)(H,22,26)(H,23,25)/t14-/m1/s1. The van der Waals surface area contributed by atoms with E-state index in [-0.39, 0.29) is 12.6 Å². The monoisotopic (exact) mass is 437 g/mol. The lowest BCUT2D eigenvalue weighted by atomic mass is 10.0. The van der Waals surface area contributed by atoms with E-state index in [0.29, 0.717) is 16.4 Å². The smallest absolute Gasteiger partial charge is 0.255 e. The molecule has 0 aliphatic heterocycles. The van der Waals surface area contributed by atoms with Gasteiger partial charge in [-0.1, -0.05) is 11.3 Å². The number of halogens is 1. The Morgan fingerprint density at radius 2 is 2.00 bits per heavy atom. The molecule has 3 aromatic rings. The lowest BCUT2D eigenvalue weighted by Gasteiger charge is -2.23. The van der Waals surface area contributed by atoms with E-state index in [1.165, 1.54) is 42.7 Å². The van der Waals surface area contributed by atoms with Gasteiger partial charge in [-0.05, 0) is 33.8 Å². The SMILES string of the molecule is CC(C)Nc1c(C(=O)NC[C@@H](F)C(C)(C)O)cnc2sc(-c3cnc(N)s3)cc12. The van der Waals surface area contributed by atoms with Crippen LogP contribution in [0.5, 0.6) is 0 Å². The van der Waals surface area contributed by atoms with Gasteiger partial charge in [-0.25, -0.2) is 14.4 Å². The van der Waals surface area contributed by atoms with E-state index in [1.807, 2.05) is 19.9 Å². The van der Waals surface area contributed by atoms with Gasteiger partial charge < -0.3 is 21.5 Å². The fourth-order valence-corrected chi connectivity index (χ4v) is 4.42. The van der Waals surface area contributed by atoms with Crippen molar-refractivity contribution in [3.63, 3.8) is 0 Å². The number of hydrogen-bond acceptors (Lipinski definition) is 8. The van der Waals surface area contributed by atoms with Gasteiger partial charge in [-0.3, -0.25) is 4.79 Å². The lowest BCUT2D eigenvalue weighted by Crippen LogP contribution is -2.42. The highest BCUT2D eigenvalue weighted by Crippen LogP contribution is 2.39. The highest BCUT2D eigenvalue weighted by atomic mass is 32.1. The lowest BCUT2D eigenvalue weighted by molar-refractivity contribution is -0.00177. The Balaban J connectivity index is 1.97. The number of fused-ring (bicyclic) bond motifs is 1. The molecular formula is C19H24FN5O2S2. The molecule has 3 heterocycles. The Labute approximate surface area is 176 Å². The van der Waals surface area contributed by atoms with Gasteiger partial charge in [-0.15, -0.1) is 11.3 Å². The minimum Gasteiger partial charge on any atom is -0.387 e. The van der Waals surface area contributed by atoms with E-state index in [4.69, 9.17) is 5.73 Å². The maximum absolute atomic E-state index is 14.0. The summed E-state index contributed by atoms with van der Waals surface area (Å²) in [7, 11) is 0. The van der Waals surface area contributed by atoms with Crippen molar-refractivity contribution in [1.82, 2.24) is 15.3 Å². The summed E-state index contributed by atoms with van der Waals surface area (Å²) in [4.78, 5) is 23.9. The van der Waals surface area contributed by atoms with Crippen LogP contribution in [0.2, 0.25) is 0 Å². The van der Waals surface area contributed by atoms with E-state index >= 15 is 0 Å². The Morgan fingerprint density at radius 3 is 2.59 bits per heavy atom. The number of thiophene rings is 1. The van der Waals surface area contributed by atoms with Crippen LogP contribution < -0.4 is 16.4 Å². The zero-order chi connectivity index (χ0) is 21.3. The number of carbonyl (C=O) groups excluding carboxylic acids is 1. The molecule has 0 aromatic carbocycles. The molecule has 0 unspecified atom stereocenters. The first-order chi connectivity index (χ1) is 13.6. The van der Waals surface area contributed by atoms with Crippen LogP contribution in [0.15, 0.2) is 18.5 Å². The minimum absolute atomic E-state index is 0.0693. The van der Waals surface area contributed by atoms with E-state index < -0.39 is 17.7 Å². The van der Waals surface area contributed by atoms with E-state index in [2.05, 4.69) is 20.6 Å². The van der Waals surface area contributed by atoms with Gasteiger partial charge in [0.05, 0.1) is 28.3 Å². The van der Waals surface area contributed by atoms with Crippen LogP contribution in [0.25, 0.3) is 20.0 Å². The van der Waals surface area contributed by atoms with Crippen molar-refractivity contribution < 1.29 is 14.3 Å². The number of nitrogen functional groups attached to an aromatic ring is 1. The molecule has 0 aliphatic rings. The van der Waals surface area contributed by atoms with Gasteiger partial charge in [0.2, 0.25) is 0 Å². The summed E-state index contributed by atoms with van der Waals surface area (Å²) in [6.07, 6.45) is 1.61. The summed E-state index contributed by atoms with van der Waals surface area (Å²) in [5.74, 6) is -0.454. The third kappa shape index (κ3) is 4.82. The van der Waals surface area contributed by atoms with Crippen molar-refractivity contribution in [2.75, 3.05) is 17.6 Å². The van der Waals surface area contributed by atoms with Crippen molar-refractivity contribution in [2.45, 2.75) is 45.5 Å². The van der Waals surface area contributed by atoms with E-state index in [9.17, 15) is 14.3 Å². The minimum atomic E-state index is -1.59. The van der Waals surface area contributed by atoms with Crippen molar-refractivity contribution in [1.29, 1.82) is 0 Å². The summed E-state index contributed by atoms with van der Waals surface area (Å²) in [5.41, 5.74) is 5.17. The third-order valence-electron chi connectivity index (χ3n) is 4.21. The molecule has 0 saturated heterocycles. The fourth-order valence-electron chi connectivity index (χ4n) is 2.66. The number of thiazole rings is 1. The molecule has 10 heteroatoms. The molecule has 5 N–H and O–H groups in total. The van der Waals surface area contributed by atoms with Crippen molar-refractivity contribution >= 4 is 49.6 Å². The fraction of sp³-hybridized carbons (Fsp3) is 0.421. The number of aliphatic hydroxyl groups is 1. The second-order valence-electron chi connectivity index (χ2n) is 7.57. The van der Waals surface area contributed by atoms with Gasteiger partial charge in [-0.2, -0.15) is 0 Å². The molecule has 3 aromatic heterocycles. The Hall–Kier alpha value is -2.30. The number of nitrogens with two attached hydrogens (primary N) is 1. The van der Waals surface area contributed by atoms with Crippen LogP contribution in [0.1, 0.15) is 38.1 Å². The first-order valence-corrected chi connectivity index (χ1v) is 10.7. The number of hydrogen-bond donors (Lipinski definition) is 4. The second-order valence-corrected chi connectivity index (χ2v) is 9.66. The summed E-state index contributed by atoms with van der Waals surface area (Å²) in [6.45, 7) is 6.37. The largest absolute Gasteiger partial charge is 0.387 e. The number of pyridine rings is 1. The first-order valence-electron chi connectivity index (χ1n) is 9.11. The molecule has 1 atom stereocenters. The average Bonchev–Trinajstić information content (AvgIpc) is 3.24. The molecule has 3 rings (SSSR count). The molecule has 0 bridgehead atoms. The average molecular weight is 438 g/mol. The van der Waals surface area contributed by atoms with Crippen molar-refractivity contribution in [3.05, 3.63) is 24.0 Å². The number of aromatic nitrogens is 2. The summed E-state index contributed by atoms with van der Waals surface area (Å²) in [5, 5.41) is 16.9. The molecular weight excluding hydrogens is 413 g/mol. The number of alkyl halides is 1. The predicted molar refractivity (Wildman–Crippen MR) is 117 cm³/mol. The Morgan fingerprint density at radius 1 is 1.28 bits per heavy atom. The van der Waals surface area contributed by atoms with Crippen molar-refractivity contribution in [3.8, 4) is 9.75 Å². The highest BCUT2D eigenvalue weighted by molar-refractivity contribution is 7.26. The molecule has 29 heavy (non-hydrogen) atoms. The molecule has 1 amide bonds. The summed E-state index contributed by atoms with van der Waals surface area (Å²) >= 11 is 2.87. The van der Waals surface area contributed by atoms with Gasteiger partial charge in [0, 0.05) is 28.7 Å². The van der Waals surface area contributed by atoms with Gasteiger partial charge >= 0.3 is 0 Å². The van der Waals surface area contributed by atoms with Crippen LogP contribution in [-0.2, 0) is 0 Å². The molecule has 0 radical (unpaired) electrons. The number of carbonyl (C=O) groups is 1. The Kier molecular flexibility index (Phi) is 6.06. The topological polar surface area (TPSA) is 113 Å². The maximum Gasteiger partial charge on any atom is 0.255 e. The molecule has 0 fully saturated rings.